The molecule has 1 aromatic heterocycles. The van der Waals surface area contributed by atoms with Crippen molar-refractivity contribution in [3.05, 3.63) is 18.0 Å². The number of rotatable bonds is 2. The summed E-state index contributed by atoms with van der Waals surface area (Å²) < 4.78 is 6.22. The molecule has 0 saturated carbocycles. The van der Waals surface area contributed by atoms with Crippen LogP contribution >= 0.6 is 0 Å². The maximum absolute atomic E-state index is 10.7. The maximum Gasteiger partial charge on any atom is 0.384 e. The van der Waals surface area contributed by atoms with Gasteiger partial charge in [0.15, 0.2) is 0 Å². The minimum absolute atomic E-state index is 0.534. The van der Waals surface area contributed by atoms with Crippen LogP contribution in [0, 0.1) is 17.8 Å². The minimum Gasteiger partial charge on any atom is -0.459 e. The fraction of sp³-hybridized carbons (Fsp3) is 0.455. The lowest BCUT2D eigenvalue weighted by Gasteiger charge is -2.02. The van der Waals surface area contributed by atoms with E-state index < -0.39 is 5.97 Å². The maximum atomic E-state index is 10.7. The highest BCUT2D eigenvalue weighted by Crippen LogP contribution is 2.00. The van der Waals surface area contributed by atoms with Gasteiger partial charge in [-0.2, -0.15) is 5.10 Å². The van der Waals surface area contributed by atoms with Gasteiger partial charge in [-0.05, 0) is 5.92 Å². The topological polar surface area (TPSA) is 44.1 Å². The van der Waals surface area contributed by atoms with Gasteiger partial charge >= 0.3 is 5.97 Å². The molecule has 1 aromatic rings. The van der Waals surface area contributed by atoms with Crippen molar-refractivity contribution >= 4 is 5.97 Å². The van der Waals surface area contributed by atoms with Crippen molar-refractivity contribution < 1.29 is 9.53 Å². The molecule has 0 spiro atoms. The fourth-order valence-corrected chi connectivity index (χ4v) is 1.08. The Hall–Kier alpha value is -1.76. The van der Waals surface area contributed by atoms with Crippen LogP contribution in [0.1, 0.15) is 19.4 Å². The highest BCUT2D eigenvalue weighted by molar-refractivity contribution is 5.88. The molecule has 0 amide bonds. The van der Waals surface area contributed by atoms with Crippen molar-refractivity contribution in [3.8, 4) is 11.8 Å². The first-order valence-corrected chi connectivity index (χ1v) is 4.74. The van der Waals surface area contributed by atoms with Gasteiger partial charge in [-0.25, -0.2) is 4.79 Å². The van der Waals surface area contributed by atoms with Gasteiger partial charge < -0.3 is 4.74 Å². The van der Waals surface area contributed by atoms with E-state index in [0.29, 0.717) is 5.92 Å². The second-order valence-corrected chi connectivity index (χ2v) is 3.59. The molecule has 0 aliphatic heterocycles. The molecule has 0 radical (unpaired) electrons. The Morgan fingerprint density at radius 1 is 1.67 bits per heavy atom. The molecule has 0 bridgehead atoms. The number of ether oxygens (including phenoxy) is 1. The van der Waals surface area contributed by atoms with Crippen LogP contribution in [-0.4, -0.2) is 22.9 Å². The summed E-state index contributed by atoms with van der Waals surface area (Å²) in [4.78, 5) is 10.7. The minimum atomic E-state index is -0.536. The van der Waals surface area contributed by atoms with Gasteiger partial charge in [-0.1, -0.05) is 19.8 Å². The quantitative estimate of drug-likeness (QED) is 0.537. The largest absolute Gasteiger partial charge is 0.459 e. The summed E-state index contributed by atoms with van der Waals surface area (Å²) in [7, 11) is 1.30. The van der Waals surface area contributed by atoms with E-state index in [1.165, 1.54) is 7.11 Å². The Morgan fingerprint density at radius 3 is 3.00 bits per heavy atom. The van der Waals surface area contributed by atoms with E-state index in [1.807, 2.05) is 10.9 Å². The second-order valence-electron chi connectivity index (χ2n) is 3.59. The number of hydrogen-bond donors (Lipinski definition) is 0. The van der Waals surface area contributed by atoms with E-state index in [-0.39, 0.29) is 0 Å². The van der Waals surface area contributed by atoms with Crippen molar-refractivity contribution in [3.63, 3.8) is 0 Å². The average molecular weight is 206 g/mol. The summed E-state index contributed by atoms with van der Waals surface area (Å²) in [5.74, 6) is 5.03. The molecule has 0 aliphatic carbocycles. The van der Waals surface area contributed by atoms with Gasteiger partial charge in [0.1, 0.15) is 0 Å². The number of carbonyl (C=O) groups excluding carboxylic acids is 1. The molecule has 4 heteroatoms. The lowest BCUT2D eigenvalue weighted by Crippen LogP contribution is -2.04. The van der Waals surface area contributed by atoms with Crippen LogP contribution in [-0.2, 0) is 16.1 Å². The van der Waals surface area contributed by atoms with Gasteiger partial charge in [0.05, 0.1) is 18.9 Å². The van der Waals surface area contributed by atoms with Crippen molar-refractivity contribution in [1.82, 2.24) is 9.78 Å². The first-order valence-electron chi connectivity index (χ1n) is 4.74. The molecule has 1 heterocycles. The number of nitrogens with zero attached hydrogens (tertiary/aromatic N) is 2. The van der Waals surface area contributed by atoms with Gasteiger partial charge in [0.2, 0.25) is 0 Å². The van der Waals surface area contributed by atoms with Crippen molar-refractivity contribution in [2.24, 2.45) is 5.92 Å². The molecule has 15 heavy (non-hydrogen) atoms. The van der Waals surface area contributed by atoms with Gasteiger partial charge in [0.25, 0.3) is 0 Å². The highest BCUT2D eigenvalue weighted by atomic mass is 16.5. The summed E-state index contributed by atoms with van der Waals surface area (Å²) in [6.45, 7) is 5.07. The van der Waals surface area contributed by atoms with Gasteiger partial charge in [0, 0.05) is 18.7 Å². The Kier molecular flexibility index (Phi) is 3.92. The zero-order valence-corrected chi connectivity index (χ0v) is 9.15. The number of aromatic nitrogens is 2. The lowest BCUT2D eigenvalue weighted by atomic mass is 10.2. The normalized spacial score (nSPS) is 9.60. The number of esters is 1. The van der Waals surface area contributed by atoms with Crippen LogP contribution in [0.2, 0.25) is 0 Å². The van der Waals surface area contributed by atoms with Gasteiger partial charge in [-0.15, -0.1) is 0 Å². The summed E-state index contributed by atoms with van der Waals surface area (Å²) in [5, 5.41) is 4.12. The molecule has 4 nitrogen and oxygen atoms in total. The van der Waals surface area contributed by atoms with Crippen molar-refractivity contribution in [1.29, 1.82) is 0 Å². The number of methoxy groups -OCH3 is 1. The Balaban J connectivity index is 2.66. The summed E-state index contributed by atoms with van der Waals surface area (Å²) >= 11 is 0. The molecule has 80 valence electrons. The predicted octanol–water partition coefficient (Wildman–Crippen LogP) is 1.06. The highest BCUT2D eigenvalue weighted by Gasteiger charge is 1.98. The number of carbonyl (C=O) groups is 1. The third-order valence-electron chi connectivity index (χ3n) is 1.68. The van der Waals surface area contributed by atoms with Crippen LogP contribution in [0.5, 0.6) is 0 Å². The molecule has 0 aliphatic rings. The van der Waals surface area contributed by atoms with Crippen LogP contribution in [0.15, 0.2) is 12.4 Å². The van der Waals surface area contributed by atoms with Crippen molar-refractivity contribution in [2.75, 3.05) is 7.11 Å². The van der Waals surface area contributed by atoms with Crippen molar-refractivity contribution in [2.45, 2.75) is 20.4 Å². The third kappa shape index (κ3) is 3.86. The van der Waals surface area contributed by atoms with Crippen LogP contribution in [0.25, 0.3) is 0 Å². The van der Waals surface area contributed by atoms with Gasteiger partial charge in [-0.3, -0.25) is 4.68 Å². The first kappa shape index (κ1) is 11.3. The van der Waals surface area contributed by atoms with E-state index in [1.54, 1.807) is 6.20 Å². The molecule has 1 rings (SSSR count). The zero-order valence-electron chi connectivity index (χ0n) is 9.15. The smallest absolute Gasteiger partial charge is 0.384 e. The molecule has 0 fully saturated rings. The van der Waals surface area contributed by atoms with Crippen LogP contribution < -0.4 is 0 Å². The Morgan fingerprint density at radius 2 is 2.40 bits per heavy atom. The summed E-state index contributed by atoms with van der Waals surface area (Å²) in [5.41, 5.74) is 0.723. The molecule has 0 unspecified atom stereocenters. The lowest BCUT2D eigenvalue weighted by molar-refractivity contribution is -0.133. The van der Waals surface area contributed by atoms with E-state index in [4.69, 9.17) is 0 Å². The second kappa shape index (κ2) is 5.20. The predicted molar refractivity (Wildman–Crippen MR) is 56.0 cm³/mol. The Labute approximate surface area is 89.2 Å². The first-order chi connectivity index (χ1) is 7.11. The average Bonchev–Trinajstić information content (AvgIpc) is 2.61. The zero-order chi connectivity index (χ0) is 11.3. The summed E-state index contributed by atoms with van der Waals surface area (Å²) in [6, 6.07) is 0. The Bertz CT molecular complexity index is 396. The molecular weight excluding hydrogens is 192 g/mol. The standard InChI is InChI=1S/C11H14N2O2/c1-9(2)7-13-8-10(6-12-13)4-5-11(14)15-3/h6,8-9H,7H2,1-3H3. The van der Waals surface area contributed by atoms with Crippen LogP contribution in [0.3, 0.4) is 0 Å². The molecule has 0 aromatic carbocycles. The van der Waals surface area contributed by atoms with Crippen LogP contribution in [0.4, 0.5) is 0 Å². The monoisotopic (exact) mass is 206 g/mol. The van der Waals surface area contributed by atoms with E-state index in [0.717, 1.165) is 12.1 Å². The third-order valence-corrected chi connectivity index (χ3v) is 1.68. The SMILES string of the molecule is COC(=O)C#Cc1cnn(CC(C)C)c1. The fourth-order valence-electron chi connectivity index (χ4n) is 1.08. The molecule has 0 atom stereocenters. The summed E-state index contributed by atoms with van der Waals surface area (Å²) in [6.07, 6.45) is 3.45. The van der Waals surface area contributed by atoms with E-state index in [9.17, 15) is 4.79 Å². The van der Waals surface area contributed by atoms with E-state index >= 15 is 0 Å². The van der Waals surface area contributed by atoms with E-state index in [2.05, 4.69) is 35.5 Å². The molecular formula is C11H14N2O2. The number of hydrogen-bond acceptors (Lipinski definition) is 3. The molecule has 0 saturated heterocycles. The molecule has 0 N–H and O–H groups in total.